The van der Waals surface area contributed by atoms with Crippen molar-refractivity contribution >= 4 is 5.91 Å². The van der Waals surface area contributed by atoms with Crippen LogP contribution in [-0.2, 0) is 11.3 Å². The lowest BCUT2D eigenvalue weighted by Gasteiger charge is -2.25. The van der Waals surface area contributed by atoms with Crippen LogP contribution in [0.3, 0.4) is 0 Å². The van der Waals surface area contributed by atoms with E-state index >= 15 is 0 Å². The maximum atomic E-state index is 12.2. The zero-order valence-electron chi connectivity index (χ0n) is 12.6. The molecule has 1 saturated carbocycles. The summed E-state index contributed by atoms with van der Waals surface area (Å²) in [7, 11) is 0. The smallest absolute Gasteiger partial charge is 0.223 e. The van der Waals surface area contributed by atoms with E-state index in [1.807, 2.05) is 41.2 Å². The fraction of sp³-hybridized carbons (Fsp3) is 0.412. The van der Waals surface area contributed by atoms with Gasteiger partial charge in [0.05, 0.1) is 11.9 Å². The van der Waals surface area contributed by atoms with Crippen LogP contribution in [0.25, 0.3) is 5.69 Å². The maximum absolute atomic E-state index is 12.2. The number of carbonyl (C=O) groups excluding carboxylic acids is 1. The third-order valence-corrected chi connectivity index (χ3v) is 4.21. The fourth-order valence-electron chi connectivity index (χ4n) is 2.97. The van der Waals surface area contributed by atoms with Gasteiger partial charge in [-0.1, -0.05) is 24.6 Å². The molecule has 1 fully saturated rings. The molecule has 5 nitrogen and oxygen atoms in total. The summed E-state index contributed by atoms with van der Waals surface area (Å²) in [6.07, 6.45) is 7.57. The molecule has 0 spiro atoms. The average Bonchev–Trinajstić information content (AvgIpc) is 3.02. The van der Waals surface area contributed by atoms with Crippen molar-refractivity contribution in [3.63, 3.8) is 0 Å². The quantitative estimate of drug-likeness (QED) is 0.907. The van der Waals surface area contributed by atoms with Crippen molar-refractivity contribution < 1.29 is 4.79 Å². The second-order valence-electron chi connectivity index (χ2n) is 5.97. The summed E-state index contributed by atoms with van der Waals surface area (Å²) in [5, 5.41) is 7.34. The number of hydrogen-bond donors (Lipinski definition) is 2. The standard InChI is InChI=1S/C17H22N4O/c18-15-6-4-5-14(9-15)17(22)19-10-13-11-20-21(12-13)16-7-2-1-3-8-16/h1-3,7-8,11-12,14-15H,4-6,9-10,18H2,(H,19,22). The Morgan fingerprint density at radius 2 is 2.14 bits per heavy atom. The van der Waals surface area contributed by atoms with E-state index in [1.165, 1.54) is 0 Å². The van der Waals surface area contributed by atoms with Gasteiger partial charge in [0.15, 0.2) is 0 Å². The molecule has 1 aliphatic rings. The normalized spacial score (nSPS) is 21.5. The number of nitrogens with two attached hydrogens (primary N) is 1. The average molecular weight is 298 g/mol. The molecular weight excluding hydrogens is 276 g/mol. The minimum Gasteiger partial charge on any atom is -0.352 e. The topological polar surface area (TPSA) is 72.9 Å². The van der Waals surface area contributed by atoms with E-state index in [0.29, 0.717) is 6.54 Å². The minimum atomic E-state index is 0.0629. The summed E-state index contributed by atoms with van der Waals surface area (Å²) in [5.41, 5.74) is 7.95. The van der Waals surface area contributed by atoms with E-state index in [0.717, 1.165) is 36.9 Å². The summed E-state index contributed by atoms with van der Waals surface area (Å²) < 4.78 is 1.82. The van der Waals surface area contributed by atoms with Gasteiger partial charge >= 0.3 is 0 Å². The van der Waals surface area contributed by atoms with Gasteiger partial charge < -0.3 is 11.1 Å². The van der Waals surface area contributed by atoms with Crippen molar-refractivity contribution in [1.29, 1.82) is 0 Å². The first-order valence-electron chi connectivity index (χ1n) is 7.84. The number of amides is 1. The van der Waals surface area contributed by atoms with Crippen LogP contribution in [0.2, 0.25) is 0 Å². The lowest BCUT2D eigenvalue weighted by Crippen LogP contribution is -2.37. The van der Waals surface area contributed by atoms with Gasteiger partial charge in [-0.15, -0.1) is 0 Å². The zero-order valence-corrected chi connectivity index (χ0v) is 12.6. The molecule has 5 heteroatoms. The predicted molar refractivity (Wildman–Crippen MR) is 85.3 cm³/mol. The van der Waals surface area contributed by atoms with Crippen LogP contribution in [0, 0.1) is 5.92 Å². The Labute approximate surface area is 130 Å². The fourth-order valence-corrected chi connectivity index (χ4v) is 2.97. The predicted octanol–water partition coefficient (Wildman–Crippen LogP) is 2.01. The Bertz CT molecular complexity index is 623. The number of benzene rings is 1. The molecule has 1 aliphatic carbocycles. The first kappa shape index (κ1) is 14.8. The van der Waals surface area contributed by atoms with Crippen LogP contribution in [-0.4, -0.2) is 21.7 Å². The van der Waals surface area contributed by atoms with Crippen LogP contribution in [0.5, 0.6) is 0 Å². The molecule has 1 aromatic carbocycles. The first-order chi connectivity index (χ1) is 10.7. The van der Waals surface area contributed by atoms with Gasteiger partial charge in [0.25, 0.3) is 0 Å². The zero-order chi connectivity index (χ0) is 15.4. The van der Waals surface area contributed by atoms with Crippen LogP contribution >= 0.6 is 0 Å². The van der Waals surface area contributed by atoms with E-state index in [-0.39, 0.29) is 17.9 Å². The summed E-state index contributed by atoms with van der Waals surface area (Å²) in [4.78, 5) is 12.2. The number of nitrogens with zero attached hydrogens (tertiary/aromatic N) is 2. The third-order valence-electron chi connectivity index (χ3n) is 4.21. The molecule has 116 valence electrons. The number of nitrogens with one attached hydrogen (secondary N) is 1. The molecule has 2 aromatic rings. The minimum absolute atomic E-state index is 0.0629. The van der Waals surface area contributed by atoms with E-state index in [1.54, 1.807) is 6.20 Å². The van der Waals surface area contributed by atoms with Crippen molar-refractivity contribution in [3.05, 3.63) is 48.3 Å². The van der Waals surface area contributed by atoms with Gasteiger partial charge in [0.1, 0.15) is 0 Å². The molecule has 1 amide bonds. The van der Waals surface area contributed by atoms with Crippen LogP contribution < -0.4 is 11.1 Å². The van der Waals surface area contributed by atoms with Crippen molar-refractivity contribution in [2.75, 3.05) is 0 Å². The highest BCUT2D eigenvalue weighted by molar-refractivity contribution is 5.78. The highest BCUT2D eigenvalue weighted by Gasteiger charge is 2.25. The second kappa shape index (κ2) is 6.75. The van der Waals surface area contributed by atoms with Crippen LogP contribution in [0.15, 0.2) is 42.7 Å². The van der Waals surface area contributed by atoms with Gasteiger partial charge in [-0.2, -0.15) is 5.10 Å². The Morgan fingerprint density at radius 1 is 1.32 bits per heavy atom. The third kappa shape index (κ3) is 3.54. The summed E-state index contributed by atoms with van der Waals surface area (Å²) in [5.74, 6) is 0.176. The summed E-state index contributed by atoms with van der Waals surface area (Å²) in [6.45, 7) is 0.511. The first-order valence-corrected chi connectivity index (χ1v) is 7.84. The molecule has 3 rings (SSSR count). The highest BCUT2D eigenvalue weighted by atomic mass is 16.1. The molecule has 1 heterocycles. The van der Waals surface area contributed by atoms with E-state index in [4.69, 9.17) is 5.73 Å². The molecule has 0 aliphatic heterocycles. The molecule has 3 N–H and O–H groups in total. The molecule has 22 heavy (non-hydrogen) atoms. The summed E-state index contributed by atoms with van der Waals surface area (Å²) >= 11 is 0. The van der Waals surface area contributed by atoms with Crippen molar-refractivity contribution in [1.82, 2.24) is 15.1 Å². The monoisotopic (exact) mass is 298 g/mol. The Kier molecular flexibility index (Phi) is 4.53. The molecule has 0 radical (unpaired) electrons. The lowest BCUT2D eigenvalue weighted by molar-refractivity contribution is -0.126. The highest BCUT2D eigenvalue weighted by Crippen LogP contribution is 2.23. The number of hydrogen-bond acceptors (Lipinski definition) is 3. The number of para-hydroxylation sites is 1. The molecule has 2 atom stereocenters. The molecule has 0 bridgehead atoms. The largest absolute Gasteiger partial charge is 0.352 e. The van der Waals surface area contributed by atoms with Gasteiger partial charge in [-0.3, -0.25) is 4.79 Å². The number of rotatable bonds is 4. The van der Waals surface area contributed by atoms with Gasteiger partial charge in [0.2, 0.25) is 5.91 Å². The number of carbonyl (C=O) groups is 1. The van der Waals surface area contributed by atoms with Crippen molar-refractivity contribution in [2.24, 2.45) is 11.7 Å². The Morgan fingerprint density at radius 3 is 2.91 bits per heavy atom. The van der Waals surface area contributed by atoms with Gasteiger partial charge in [0, 0.05) is 30.3 Å². The summed E-state index contributed by atoms with van der Waals surface area (Å²) in [6, 6.07) is 10.1. The second-order valence-corrected chi connectivity index (χ2v) is 5.97. The number of aromatic nitrogens is 2. The SMILES string of the molecule is NC1CCCC(C(=O)NCc2cnn(-c3ccccc3)c2)C1. The van der Waals surface area contributed by atoms with Gasteiger partial charge in [-0.05, 0) is 31.4 Å². The Hall–Kier alpha value is -2.14. The maximum Gasteiger partial charge on any atom is 0.223 e. The Balaban J connectivity index is 1.56. The molecule has 2 unspecified atom stereocenters. The van der Waals surface area contributed by atoms with E-state index in [9.17, 15) is 4.79 Å². The van der Waals surface area contributed by atoms with Crippen molar-refractivity contribution in [3.8, 4) is 5.69 Å². The van der Waals surface area contributed by atoms with Crippen molar-refractivity contribution in [2.45, 2.75) is 38.3 Å². The molecular formula is C17H22N4O. The lowest BCUT2D eigenvalue weighted by atomic mass is 9.85. The van der Waals surface area contributed by atoms with Gasteiger partial charge in [-0.25, -0.2) is 4.68 Å². The molecule has 0 saturated heterocycles. The van der Waals surface area contributed by atoms with E-state index < -0.39 is 0 Å². The van der Waals surface area contributed by atoms with E-state index in [2.05, 4.69) is 10.4 Å². The molecule has 1 aromatic heterocycles. The van der Waals surface area contributed by atoms with Crippen LogP contribution in [0.4, 0.5) is 0 Å². The van der Waals surface area contributed by atoms with Crippen LogP contribution in [0.1, 0.15) is 31.2 Å².